The van der Waals surface area contributed by atoms with Gasteiger partial charge in [-0.1, -0.05) is 33.3 Å². The van der Waals surface area contributed by atoms with Gasteiger partial charge in [-0.25, -0.2) is 0 Å². The van der Waals surface area contributed by atoms with Gasteiger partial charge in [0.2, 0.25) is 0 Å². The van der Waals surface area contributed by atoms with Crippen molar-refractivity contribution in [1.29, 1.82) is 0 Å². The summed E-state index contributed by atoms with van der Waals surface area (Å²) in [5.74, 6) is -0.727. The third-order valence-electron chi connectivity index (χ3n) is 4.11. The molecule has 0 amide bonds. The van der Waals surface area contributed by atoms with E-state index in [1.165, 1.54) is 0 Å². The molecule has 0 unspecified atom stereocenters. The molecule has 0 bridgehead atoms. The van der Waals surface area contributed by atoms with Crippen molar-refractivity contribution in [3.63, 3.8) is 0 Å². The Kier molecular flexibility index (Phi) is 5.68. The molecule has 1 radical (unpaired) electrons. The predicted octanol–water partition coefficient (Wildman–Crippen LogP) is 3.33. The van der Waals surface area contributed by atoms with Gasteiger partial charge in [0.15, 0.2) is 11.6 Å². The normalized spacial score (nSPS) is 20.0. The number of hydrogen-bond donors (Lipinski definition) is 1. The number of allylic oxidation sites excluding steroid dienone is 1. The third-order valence-corrected chi connectivity index (χ3v) is 4.11. The Labute approximate surface area is 150 Å². The van der Waals surface area contributed by atoms with Crippen molar-refractivity contribution in [3.05, 3.63) is 40.5 Å². The first kappa shape index (κ1) is 18.3. The van der Waals surface area contributed by atoms with Gasteiger partial charge in [0.25, 0.3) is 0 Å². The summed E-state index contributed by atoms with van der Waals surface area (Å²) in [4.78, 5) is 24.5. The van der Waals surface area contributed by atoms with Gasteiger partial charge >= 0.3 is 0 Å². The van der Waals surface area contributed by atoms with E-state index >= 15 is 0 Å². The second-order valence-electron chi connectivity index (χ2n) is 6.00. The van der Waals surface area contributed by atoms with Gasteiger partial charge < -0.3 is 5.11 Å². The Hall–Kier alpha value is -0.796. The number of carbonyl (C=O) groups excluding carboxylic acids is 2. The molecule has 1 aromatic rings. The maximum absolute atomic E-state index is 12.4. The summed E-state index contributed by atoms with van der Waals surface area (Å²) in [6.45, 7) is 7.35. The van der Waals surface area contributed by atoms with E-state index in [4.69, 9.17) is 0 Å². The maximum atomic E-state index is 12.4. The maximum Gasteiger partial charge on any atom is 0.175 e. The van der Waals surface area contributed by atoms with Gasteiger partial charge in [0.05, 0.1) is 0 Å². The van der Waals surface area contributed by atoms with Crippen molar-refractivity contribution in [1.82, 2.24) is 0 Å². The first-order valence-corrected chi connectivity index (χ1v) is 6.75. The number of Topliss-reactive ketones (excluding diaryl/α,β-unsaturated/α-hetero) is 2. The second kappa shape index (κ2) is 6.54. The molecule has 1 N–H and O–H groups in total. The fraction of sp³-hybridized carbons (Fsp3) is 0.412. The van der Waals surface area contributed by atoms with Crippen LogP contribution in [0.25, 0.3) is 5.76 Å². The summed E-state index contributed by atoms with van der Waals surface area (Å²) in [5, 5.41) is 10.4. The number of carbonyl (C=O) groups is 2. The van der Waals surface area contributed by atoms with E-state index in [0.717, 1.165) is 11.1 Å². The smallest absolute Gasteiger partial charge is 0.175 e. The zero-order chi connectivity index (χ0) is 15.1. The minimum absolute atomic E-state index is 0. The summed E-state index contributed by atoms with van der Waals surface area (Å²) in [6.07, 6.45) is 0.831. The Morgan fingerprint density at radius 1 is 1.29 bits per heavy atom. The minimum atomic E-state index is -0.596. The zero-order valence-corrected chi connectivity index (χ0v) is 15.7. The second-order valence-corrected chi connectivity index (χ2v) is 6.00. The van der Waals surface area contributed by atoms with Crippen LogP contribution in [0.1, 0.15) is 43.4 Å². The van der Waals surface area contributed by atoms with Crippen LogP contribution >= 0.6 is 0 Å². The number of aryl methyl sites for hydroxylation is 1. The van der Waals surface area contributed by atoms with E-state index in [0.29, 0.717) is 18.4 Å². The third kappa shape index (κ3) is 3.35. The molecule has 0 heterocycles. The van der Waals surface area contributed by atoms with Crippen molar-refractivity contribution in [2.75, 3.05) is 0 Å². The summed E-state index contributed by atoms with van der Waals surface area (Å²) >= 11 is 0. The average molecular weight is 360 g/mol. The average Bonchev–Trinajstić information content (AvgIpc) is 2.38. The predicted molar refractivity (Wildman–Crippen MR) is 77.3 cm³/mol. The van der Waals surface area contributed by atoms with Gasteiger partial charge in [-0.15, -0.1) is 5.56 Å². The number of aliphatic hydroxyl groups excluding tert-OH is 1. The van der Waals surface area contributed by atoms with E-state index in [1.54, 1.807) is 12.1 Å². The summed E-state index contributed by atoms with van der Waals surface area (Å²) in [5.41, 5.74) is 1.62. The molecule has 1 aliphatic rings. The van der Waals surface area contributed by atoms with Crippen LogP contribution < -0.4 is 0 Å². The molecule has 0 aromatic heterocycles. The van der Waals surface area contributed by atoms with E-state index in [2.05, 4.69) is 6.07 Å². The molecular formula is C17H19O3Y-. The van der Waals surface area contributed by atoms with Gasteiger partial charge in [0, 0.05) is 44.5 Å². The van der Waals surface area contributed by atoms with Crippen molar-refractivity contribution in [3.8, 4) is 0 Å². The molecule has 1 aliphatic carbocycles. The zero-order valence-electron chi connectivity index (χ0n) is 12.9. The monoisotopic (exact) mass is 360 g/mol. The van der Waals surface area contributed by atoms with E-state index in [-0.39, 0.29) is 55.6 Å². The Balaban J connectivity index is 0.00000220. The molecular weight excluding hydrogens is 341 g/mol. The van der Waals surface area contributed by atoms with Gasteiger partial charge in [-0.2, -0.15) is 23.8 Å². The van der Waals surface area contributed by atoms with Crippen LogP contribution in [-0.2, 0) is 42.3 Å². The van der Waals surface area contributed by atoms with Crippen LogP contribution in [0.4, 0.5) is 0 Å². The number of aliphatic hydroxyl groups is 1. The summed E-state index contributed by atoms with van der Waals surface area (Å²) < 4.78 is 0. The first-order chi connectivity index (χ1) is 9.25. The molecule has 1 fully saturated rings. The topological polar surface area (TPSA) is 54.4 Å². The van der Waals surface area contributed by atoms with Crippen molar-refractivity contribution in [2.24, 2.45) is 5.41 Å². The van der Waals surface area contributed by atoms with Crippen LogP contribution in [-0.4, -0.2) is 16.7 Å². The van der Waals surface area contributed by atoms with Crippen LogP contribution in [0.3, 0.4) is 0 Å². The van der Waals surface area contributed by atoms with Crippen LogP contribution in [0.5, 0.6) is 0 Å². The van der Waals surface area contributed by atoms with Crippen LogP contribution in [0.2, 0.25) is 0 Å². The molecule has 0 spiro atoms. The van der Waals surface area contributed by atoms with Gasteiger partial charge in [0.1, 0.15) is 11.3 Å². The molecule has 3 nitrogen and oxygen atoms in total. The summed E-state index contributed by atoms with van der Waals surface area (Å²) in [7, 11) is 0. The minimum Gasteiger partial charge on any atom is -0.509 e. The van der Waals surface area contributed by atoms with Crippen molar-refractivity contribution < 1.29 is 47.4 Å². The van der Waals surface area contributed by atoms with Gasteiger partial charge in [-0.05, 0) is 6.42 Å². The molecule has 21 heavy (non-hydrogen) atoms. The fourth-order valence-electron chi connectivity index (χ4n) is 2.45. The number of hydrogen-bond acceptors (Lipinski definition) is 3. The molecule has 1 aromatic carbocycles. The van der Waals surface area contributed by atoms with Crippen molar-refractivity contribution >= 4 is 17.3 Å². The first-order valence-electron chi connectivity index (χ1n) is 6.75. The molecule has 1 saturated carbocycles. The summed E-state index contributed by atoms with van der Waals surface area (Å²) in [6, 6.07) is 6.41. The Morgan fingerprint density at radius 2 is 1.90 bits per heavy atom. The van der Waals surface area contributed by atoms with E-state index in [1.807, 2.05) is 27.7 Å². The quantitative estimate of drug-likeness (QED) is 0.362. The largest absolute Gasteiger partial charge is 0.509 e. The molecule has 0 saturated heterocycles. The SMILES string of the molecule is Cc1[c-]ccc(C(O)=C2C(=O)CCC(C)(C)C2=O)c1C.[Y]. The molecule has 4 heteroatoms. The fourth-order valence-corrected chi connectivity index (χ4v) is 2.45. The van der Waals surface area contributed by atoms with Crippen LogP contribution in [0, 0.1) is 25.3 Å². The molecule has 109 valence electrons. The van der Waals surface area contributed by atoms with E-state index < -0.39 is 5.41 Å². The van der Waals surface area contributed by atoms with Crippen LogP contribution in [0.15, 0.2) is 17.7 Å². The number of rotatable bonds is 1. The number of benzene rings is 1. The molecule has 0 aliphatic heterocycles. The standard InChI is InChI=1S/C17H19O3.Y/c1-10-6-5-7-12(11(10)2)15(19)14-13(18)8-9-17(3,4)16(14)20;/h5,7,19H,8-9H2,1-4H3;/q-1;. The molecule has 0 atom stereocenters. The molecule has 2 rings (SSSR count). The number of ketones is 2. The Morgan fingerprint density at radius 3 is 2.52 bits per heavy atom. The Bertz CT molecular complexity index is 627. The van der Waals surface area contributed by atoms with Crippen molar-refractivity contribution in [2.45, 2.75) is 40.5 Å². The van der Waals surface area contributed by atoms with E-state index in [9.17, 15) is 14.7 Å². The van der Waals surface area contributed by atoms with Gasteiger partial charge in [-0.3, -0.25) is 9.59 Å².